The fourth-order valence-corrected chi connectivity index (χ4v) is 4.17. The van der Waals surface area contributed by atoms with E-state index in [1.165, 1.54) is 0 Å². The van der Waals surface area contributed by atoms with E-state index in [2.05, 4.69) is 14.3 Å². The van der Waals surface area contributed by atoms with Crippen LogP contribution in [0.2, 0.25) is 5.02 Å². The predicted octanol–water partition coefficient (Wildman–Crippen LogP) is 3.40. The lowest BCUT2D eigenvalue weighted by molar-refractivity contribution is 0.0752. The van der Waals surface area contributed by atoms with E-state index in [4.69, 9.17) is 17.3 Å². The number of carbonyl (C=O) groups excluding carboxylic acids is 1. The quantitative estimate of drug-likeness (QED) is 0.730. The minimum Gasteiger partial charge on any atom is -0.396 e. The Bertz CT molecular complexity index is 954. The normalized spacial score (nSPS) is 14.4. The molecule has 0 unspecified atom stereocenters. The number of hydrogen-bond acceptors (Lipinski definition) is 6. The Morgan fingerprint density at radius 3 is 2.52 bits per heavy atom. The van der Waals surface area contributed by atoms with Gasteiger partial charge < -0.3 is 15.5 Å². The van der Waals surface area contributed by atoms with Gasteiger partial charge in [-0.3, -0.25) is 9.78 Å². The Kier molecular flexibility index (Phi) is 4.96. The zero-order chi connectivity index (χ0) is 18.8. The van der Waals surface area contributed by atoms with Crippen LogP contribution in [-0.2, 0) is 0 Å². The summed E-state index contributed by atoms with van der Waals surface area (Å²) in [5.41, 5.74) is 8.86. The van der Waals surface area contributed by atoms with Crippen molar-refractivity contribution < 1.29 is 4.79 Å². The molecule has 1 fully saturated rings. The largest absolute Gasteiger partial charge is 0.396 e. The maximum atomic E-state index is 12.9. The Morgan fingerprint density at radius 1 is 1.07 bits per heavy atom. The fraction of sp³-hybridized carbons (Fsp3) is 0.211. The van der Waals surface area contributed by atoms with Crippen molar-refractivity contribution >= 4 is 40.4 Å². The van der Waals surface area contributed by atoms with Crippen molar-refractivity contribution in [2.24, 2.45) is 0 Å². The summed E-state index contributed by atoms with van der Waals surface area (Å²) in [5.74, 6) is -0.0778. The van der Waals surface area contributed by atoms with Gasteiger partial charge in [0.05, 0.1) is 22.1 Å². The fourth-order valence-electron chi connectivity index (χ4n) is 3.14. The number of benzene rings is 1. The number of amides is 1. The van der Waals surface area contributed by atoms with Crippen LogP contribution in [0.1, 0.15) is 9.67 Å². The second kappa shape index (κ2) is 7.54. The van der Waals surface area contributed by atoms with Crippen LogP contribution in [0.5, 0.6) is 0 Å². The summed E-state index contributed by atoms with van der Waals surface area (Å²) in [4.78, 5) is 21.7. The van der Waals surface area contributed by atoms with Crippen molar-refractivity contribution in [1.82, 2.24) is 14.3 Å². The number of anilines is 2. The number of para-hydroxylation sites is 1. The number of hydrogen-bond donors (Lipinski definition) is 1. The lowest BCUT2D eigenvalue weighted by atomic mass is 10.2. The Hall–Kier alpha value is -2.64. The molecule has 0 spiro atoms. The maximum Gasteiger partial charge on any atom is 0.267 e. The first-order valence-electron chi connectivity index (χ1n) is 8.60. The van der Waals surface area contributed by atoms with Crippen LogP contribution in [0.25, 0.3) is 11.4 Å². The minimum absolute atomic E-state index is 0.0778. The molecule has 2 N–H and O–H groups in total. The van der Waals surface area contributed by atoms with Gasteiger partial charge in [0.1, 0.15) is 10.6 Å². The topological polar surface area (TPSA) is 75.3 Å². The molecule has 8 heteroatoms. The van der Waals surface area contributed by atoms with E-state index < -0.39 is 0 Å². The van der Waals surface area contributed by atoms with Crippen LogP contribution in [0.15, 0.2) is 48.7 Å². The molecule has 6 nitrogen and oxygen atoms in total. The van der Waals surface area contributed by atoms with Crippen LogP contribution < -0.4 is 10.6 Å². The molecule has 0 radical (unpaired) electrons. The first-order chi connectivity index (χ1) is 13.1. The summed E-state index contributed by atoms with van der Waals surface area (Å²) < 4.78 is 4.35. The van der Waals surface area contributed by atoms with Crippen molar-refractivity contribution in [3.8, 4) is 11.4 Å². The second-order valence-electron chi connectivity index (χ2n) is 6.22. The number of nitrogen functional groups attached to an aromatic ring is 1. The summed E-state index contributed by atoms with van der Waals surface area (Å²) >= 11 is 7.41. The van der Waals surface area contributed by atoms with E-state index in [1.54, 1.807) is 6.20 Å². The first kappa shape index (κ1) is 17.8. The summed E-state index contributed by atoms with van der Waals surface area (Å²) in [7, 11) is 0. The molecule has 0 atom stereocenters. The Labute approximate surface area is 166 Å². The van der Waals surface area contributed by atoms with Gasteiger partial charge in [0, 0.05) is 32.4 Å². The van der Waals surface area contributed by atoms with Gasteiger partial charge in [-0.15, -0.1) is 0 Å². The van der Waals surface area contributed by atoms with Crippen LogP contribution in [-0.4, -0.2) is 46.3 Å². The number of aromatic nitrogens is 2. The average molecular weight is 400 g/mol. The lowest BCUT2D eigenvalue weighted by Gasteiger charge is -2.36. The highest BCUT2D eigenvalue weighted by atomic mass is 35.5. The number of halogens is 1. The number of pyridine rings is 1. The number of nitrogens with zero attached hydrogens (tertiary/aromatic N) is 4. The SMILES string of the molecule is Nc1c(-c2ccccn2)nsc1C(=O)N1CCN(c2ccccc2Cl)CC1. The molecule has 1 aromatic carbocycles. The molecule has 0 aliphatic carbocycles. The third kappa shape index (κ3) is 3.48. The monoisotopic (exact) mass is 399 g/mol. The highest BCUT2D eigenvalue weighted by Gasteiger charge is 2.27. The molecule has 0 bridgehead atoms. The van der Waals surface area contributed by atoms with Crippen molar-refractivity contribution in [2.75, 3.05) is 36.8 Å². The molecule has 1 amide bonds. The van der Waals surface area contributed by atoms with Crippen LogP contribution in [0.3, 0.4) is 0 Å². The van der Waals surface area contributed by atoms with E-state index in [0.717, 1.165) is 35.3 Å². The molecule has 3 heterocycles. The van der Waals surface area contributed by atoms with Gasteiger partial charge in [-0.25, -0.2) is 0 Å². The zero-order valence-electron chi connectivity index (χ0n) is 14.5. The zero-order valence-corrected chi connectivity index (χ0v) is 16.1. The van der Waals surface area contributed by atoms with Gasteiger partial charge >= 0.3 is 0 Å². The van der Waals surface area contributed by atoms with Crippen molar-refractivity contribution in [3.05, 3.63) is 58.6 Å². The standard InChI is InChI=1S/C19H18ClN5OS/c20-13-5-1-2-7-15(13)24-9-11-25(12-10-24)19(26)18-16(21)17(23-27-18)14-6-3-4-8-22-14/h1-8H,9-12,21H2. The number of nitrogens with two attached hydrogens (primary N) is 1. The van der Waals surface area contributed by atoms with Gasteiger partial charge in [-0.2, -0.15) is 4.37 Å². The van der Waals surface area contributed by atoms with E-state index in [-0.39, 0.29) is 5.91 Å². The molecule has 2 aromatic heterocycles. The van der Waals surface area contributed by atoms with Gasteiger partial charge in [0.15, 0.2) is 0 Å². The highest BCUT2D eigenvalue weighted by molar-refractivity contribution is 7.09. The lowest BCUT2D eigenvalue weighted by Crippen LogP contribution is -2.48. The molecular weight excluding hydrogens is 382 g/mol. The molecule has 1 aliphatic rings. The maximum absolute atomic E-state index is 12.9. The summed E-state index contributed by atoms with van der Waals surface area (Å²) in [6.07, 6.45) is 1.68. The first-order valence-corrected chi connectivity index (χ1v) is 9.75. The van der Waals surface area contributed by atoms with Gasteiger partial charge in [0.25, 0.3) is 5.91 Å². The van der Waals surface area contributed by atoms with Gasteiger partial charge in [0.2, 0.25) is 0 Å². The molecule has 1 aliphatic heterocycles. The van der Waals surface area contributed by atoms with E-state index in [9.17, 15) is 4.79 Å². The summed E-state index contributed by atoms with van der Waals surface area (Å²) in [5, 5.41) is 0.726. The van der Waals surface area contributed by atoms with Gasteiger partial charge in [-0.05, 0) is 35.8 Å². The van der Waals surface area contributed by atoms with Crippen LogP contribution >= 0.6 is 23.1 Å². The molecule has 4 rings (SSSR count). The summed E-state index contributed by atoms with van der Waals surface area (Å²) in [6.45, 7) is 2.67. The summed E-state index contributed by atoms with van der Waals surface area (Å²) in [6, 6.07) is 13.3. The molecule has 0 saturated carbocycles. The third-order valence-electron chi connectivity index (χ3n) is 4.59. The molecule has 1 saturated heterocycles. The molecule has 27 heavy (non-hydrogen) atoms. The highest BCUT2D eigenvalue weighted by Crippen LogP contribution is 2.31. The third-order valence-corrected chi connectivity index (χ3v) is 5.76. The molecule has 138 valence electrons. The van der Waals surface area contributed by atoms with Crippen molar-refractivity contribution in [2.45, 2.75) is 0 Å². The van der Waals surface area contributed by atoms with Gasteiger partial charge in [-0.1, -0.05) is 29.8 Å². The predicted molar refractivity (Wildman–Crippen MR) is 109 cm³/mol. The smallest absolute Gasteiger partial charge is 0.267 e. The van der Waals surface area contributed by atoms with Crippen molar-refractivity contribution in [3.63, 3.8) is 0 Å². The minimum atomic E-state index is -0.0778. The van der Waals surface area contributed by atoms with Crippen molar-refractivity contribution in [1.29, 1.82) is 0 Å². The number of rotatable bonds is 3. The second-order valence-corrected chi connectivity index (χ2v) is 7.40. The van der Waals surface area contributed by atoms with E-state index in [0.29, 0.717) is 35.0 Å². The number of carbonyl (C=O) groups is 1. The average Bonchev–Trinajstić information content (AvgIpc) is 3.10. The van der Waals surface area contributed by atoms with Crippen LogP contribution in [0, 0.1) is 0 Å². The molecule has 3 aromatic rings. The van der Waals surface area contributed by atoms with E-state index in [1.807, 2.05) is 47.4 Å². The van der Waals surface area contributed by atoms with E-state index >= 15 is 0 Å². The van der Waals surface area contributed by atoms with Crippen LogP contribution in [0.4, 0.5) is 11.4 Å². The Balaban J connectivity index is 1.47. The Morgan fingerprint density at radius 2 is 1.81 bits per heavy atom. The molecular formula is C19H18ClN5OS. The number of piperazine rings is 1.